The van der Waals surface area contributed by atoms with Crippen molar-refractivity contribution in [2.24, 2.45) is 0 Å². The molecule has 0 saturated heterocycles. The Balaban J connectivity index is 0.00000203. The molecule has 0 saturated carbocycles. The first kappa shape index (κ1) is 34.8. The Morgan fingerprint density at radius 1 is 0.648 bits per heavy atom. The van der Waals surface area contributed by atoms with E-state index in [0.717, 1.165) is 79.2 Å². The Morgan fingerprint density at radius 3 is 2.22 bits per heavy atom. The van der Waals surface area contributed by atoms with Crippen molar-refractivity contribution in [3.8, 4) is 56.2 Å². The summed E-state index contributed by atoms with van der Waals surface area (Å²) >= 11 is 1.81. The van der Waals surface area contributed by atoms with E-state index in [1.54, 1.807) is 0 Å². The predicted octanol–water partition coefficient (Wildman–Crippen LogP) is 14.1. The zero-order valence-electron chi connectivity index (χ0n) is 30.8. The van der Waals surface area contributed by atoms with Crippen LogP contribution in [-0.4, -0.2) is 15.0 Å². The lowest BCUT2D eigenvalue weighted by molar-refractivity contribution is 0.999. The molecule has 3 heterocycles. The van der Waals surface area contributed by atoms with Gasteiger partial charge in [-0.25, -0.2) is 9.97 Å². The number of fused-ring (bicyclic) bond motifs is 4. The molecular formula is C50H41N3S. The minimum absolute atomic E-state index is 0.739. The molecule has 9 rings (SSSR count). The molecule has 262 valence electrons. The van der Waals surface area contributed by atoms with E-state index in [4.69, 9.17) is 9.97 Å². The van der Waals surface area contributed by atoms with Crippen LogP contribution in [0.15, 0.2) is 158 Å². The van der Waals surface area contributed by atoms with Gasteiger partial charge in [0.25, 0.3) is 0 Å². The average Bonchev–Trinajstić information content (AvgIpc) is 3.63. The number of hydrogen-bond acceptors (Lipinski definition) is 4. The lowest BCUT2D eigenvalue weighted by Crippen LogP contribution is -1.97. The number of rotatable bonds is 7. The first-order valence-corrected chi connectivity index (χ1v) is 19.6. The van der Waals surface area contributed by atoms with Gasteiger partial charge in [-0.15, -0.1) is 11.3 Å². The fourth-order valence-corrected chi connectivity index (χ4v) is 8.38. The molecule has 0 unspecified atom stereocenters. The summed E-state index contributed by atoms with van der Waals surface area (Å²) in [6.07, 6.45) is 16.8. The van der Waals surface area contributed by atoms with Gasteiger partial charge in [-0.3, -0.25) is 4.98 Å². The van der Waals surface area contributed by atoms with Crippen molar-refractivity contribution in [2.45, 2.75) is 33.6 Å². The molecule has 0 spiro atoms. The minimum Gasteiger partial charge on any atom is -0.256 e. The van der Waals surface area contributed by atoms with Gasteiger partial charge in [0.1, 0.15) is 0 Å². The molecule has 3 aromatic heterocycles. The quantitative estimate of drug-likeness (QED) is 0.154. The number of aryl methyl sites for hydroxylation is 1. The Hall–Kier alpha value is -6.23. The average molecular weight is 716 g/mol. The van der Waals surface area contributed by atoms with Crippen LogP contribution in [0, 0.1) is 0 Å². The molecule has 0 N–H and O–H groups in total. The molecule has 1 aliphatic rings. The summed E-state index contributed by atoms with van der Waals surface area (Å²) in [5, 5.41) is 2.41. The van der Waals surface area contributed by atoms with E-state index >= 15 is 0 Å². The molecule has 0 atom stereocenters. The summed E-state index contributed by atoms with van der Waals surface area (Å²) in [7, 11) is 0. The van der Waals surface area contributed by atoms with Gasteiger partial charge in [0, 0.05) is 27.8 Å². The number of nitrogens with zero attached hydrogens (tertiary/aromatic N) is 3. The van der Waals surface area contributed by atoms with Gasteiger partial charge in [-0.2, -0.15) is 0 Å². The molecular weight excluding hydrogens is 675 g/mol. The molecule has 8 aromatic rings. The van der Waals surface area contributed by atoms with Gasteiger partial charge < -0.3 is 0 Å². The highest BCUT2D eigenvalue weighted by Gasteiger charge is 2.21. The molecule has 54 heavy (non-hydrogen) atoms. The SMILES string of the molecule is C/C=C\C=C/c1cc(-c2cc(-c3ccc(-c4ccccn4)cc3)cc(-c3nc(-c4ccccc4)c4sc5c(c4n3)CCC=C5)c2)c2ccccc2c1.CC. The van der Waals surface area contributed by atoms with Crippen molar-refractivity contribution in [1.82, 2.24) is 15.0 Å². The van der Waals surface area contributed by atoms with Crippen LogP contribution >= 0.6 is 11.3 Å². The predicted molar refractivity (Wildman–Crippen MR) is 232 cm³/mol. The fourth-order valence-electron chi connectivity index (χ4n) is 7.15. The smallest absolute Gasteiger partial charge is 0.160 e. The summed E-state index contributed by atoms with van der Waals surface area (Å²) < 4.78 is 1.15. The maximum absolute atomic E-state index is 5.40. The standard InChI is InChI=1S/C48H35N3S.C2H6/c1-2-3-5-14-32-27-36-17-8-9-18-40(36)42(28-32)38-29-37(33-22-24-34(25-23-33)43-20-12-13-26-49-43)30-39(31-38)48-50-45(35-15-6-4-7-16-35)47-46(51-48)41-19-10-11-21-44(41)52-47;1-2/h2-9,11-18,20-31H,10,19H2,1H3;1-2H3/b3-2-,14-5-;. The molecule has 0 fully saturated rings. The van der Waals surface area contributed by atoms with Crippen LogP contribution in [0.4, 0.5) is 0 Å². The van der Waals surface area contributed by atoms with Gasteiger partial charge >= 0.3 is 0 Å². The highest BCUT2D eigenvalue weighted by molar-refractivity contribution is 7.20. The van der Waals surface area contributed by atoms with Crippen LogP contribution in [-0.2, 0) is 6.42 Å². The highest BCUT2D eigenvalue weighted by Crippen LogP contribution is 2.42. The molecule has 0 bridgehead atoms. The van der Waals surface area contributed by atoms with E-state index in [-0.39, 0.29) is 0 Å². The summed E-state index contributed by atoms with van der Waals surface area (Å²) in [6.45, 7) is 6.04. The molecule has 0 radical (unpaired) electrons. The van der Waals surface area contributed by atoms with Crippen molar-refractivity contribution < 1.29 is 0 Å². The molecule has 4 heteroatoms. The second-order valence-electron chi connectivity index (χ2n) is 13.1. The van der Waals surface area contributed by atoms with Crippen LogP contribution in [0.25, 0.3) is 89.3 Å². The van der Waals surface area contributed by atoms with E-state index in [1.165, 1.54) is 26.8 Å². The second kappa shape index (κ2) is 15.8. The highest BCUT2D eigenvalue weighted by atomic mass is 32.1. The Labute approximate surface area is 321 Å². The zero-order chi connectivity index (χ0) is 36.9. The van der Waals surface area contributed by atoms with Crippen molar-refractivity contribution in [3.05, 3.63) is 174 Å². The maximum Gasteiger partial charge on any atom is 0.160 e. The molecule has 0 amide bonds. The van der Waals surface area contributed by atoms with Crippen LogP contribution in [0.1, 0.15) is 43.2 Å². The minimum atomic E-state index is 0.739. The third-order valence-corrected chi connectivity index (χ3v) is 10.9. The van der Waals surface area contributed by atoms with E-state index in [2.05, 4.69) is 151 Å². The number of pyridine rings is 1. The van der Waals surface area contributed by atoms with Gasteiger partial charge in [0.05, 0.1) is 21.6 Å². The summed E-state index contributed by atoms with van der Waals surface area (Å²) in [5.41, 5.74) is 13.2. The molecule has 1 aliphatic carbocycles. The number of aromatic nitrogens is 3. The van der Waals surface area contributed by atoms with Crippen molar-refractivity contribution >= 4 is 44.5 Å². The topological polar surface area (TPSA) is 38.7 Å². The zero-order valence-corrected chi connectivity index (χ0v) is 31.6. The van der Waals surface area contributed by atoms with Crippen LogP contribution in [0.5, 0.6) is 0 Å². The lowest BCUT2D eigenvalue weighted by Gasteiger charge is -2.15. The number of hydrogen-bond donors (Lipinski definition) is 0. The lowest BCUT2D eigenvalue weighted by atomic mass is 9.91. The third kappa shape index (κ3) is 6.96. The van der Waals surface area contributed by atoms with Gasteiger partial charge in [0.15, 0.2) is 5.82 Å². The van der Waals surface area contributed by atoms with Gasteiger partial charge in [0.2, 0.25) is 0 Å². The van der Waals surface area contributed by atoms with Gasteiger partial charge in [-0.05, 0) is 112 Å². The van der Waals surface area contributed by atoms with Crippen molar-refractivity contribution in [2.75, 3.05) is 0 Å². The summed E-state index contributed by atoms with van der Waals surface area (Å²) in [4.78, 5) is 16.7. The van der Waals surface area contributed by atoms with Crippen LogP contribution < -0.4 is 0 Å². The monoisotopic (exact) mass is 715 g/mol. The molecule has 5 aromatic carbocycles. The normalized spacial score (nSPS) is 12.4. The second-order valence-corrected chi connectivity index (χ2v) is 14.1. The van der Waals surface area contributed by atoms with Crippen LogP contribution in [0.3, 0.4) is 0 Å². The van der Waals surface area contributed by atoms with E-state index < -0.39 is 0 Å². The number of benzene rings is 5. The first-order valence-electron chi connectivity index (χ1n) is 18.8. The fraction of sp³-hybridized carbons (Fsp3) is 0.100. The van der Waals surface area contributed by atoms with Gasteiger partial charge in [-0.1, -0.05) is 129 Å². The number of allylic oxidation sites excluding steroid dienone is 4. The number of thiophene rings is 1. The summed E-state index contributed by atoms with van der Waals surface area (Å²) in [6, 6.07) is 45.4. The Bertz CT molecular complexity index is 2670. The van der Waals surface area contributed by atoms with E-state index in [9.17, 15) is 0 Å². The van der Waals surface area contributed by atoms with Crippen molar-refractivity contribution in [3.63, 3.8) is 0 Å². The Kier molecular flexibility index (Phi) is 10.2. The first-order chi connectivity index (χ1) is 26.7. The largest absolute Gasteiger partial charge is 0.256 e. The van der Waals surface area contributed by atoms with E-state index in [0.29, 0.717) is 0 Å². The molecule has 0 aliphatic heterocycles. The van der Waals surface area contributed by atoms with Crippen molar-refractivity contribution in [1.29, 1.82) is 0 Å². The maximum atomic E-state index is 5.40. The van der Waals surface area contributed by atoms with Crippen LogP contribution in [0.2, 0.25) is 0 Å². The third-order valence-electron chi connectivity index (χ3n) is 9.70. The van der Waals surface area contributed by atoms with E-state index in [1.807, 2.05) is 56.5 Å². The Morgan fingerprint density at radius 2 is 1.41 bits per heavy atom. The summed E-state index contributed by atoms with van der Waals surface area (Å²) in [5.74, 6) is 0.739. The molecule has 3 nitrogen and oxygen atoms in total.